The van der Waals surface area contributed by atoms with E-state index in [0.29, 0.717) is 41.8 Å². The van der Waals surface area contributed by atoms with Crippen molar-refractivity contribution in [3.63, 3.8) is 0 Å². The van der Waals surface area contributed by atoms with Crippen LogP contribution in [0.5, 0.6) is 23.0 Å². The zero-order chi connectivity index (χ0) is 24.8. The first-order valence-electron chi connectivity index (χ1n) is 11.0. The van der Waals surface area contributed by atoms with E-state index in [1.54, 1.807) is 42.5 Å². The fourth-order valence-electron chi connectivity index (χ4n) is 3.38. The molecule has 10 heteroatoms. The molecule has 0 spiro atoms. The third-order valence-corrected chi connectivity index (χ3v) is 7.09. The standard InChI is InChI=1S/C25H26N2O7S/c1-3-31-20-9-11-22(12-10-20)35(29,30)27(2)19-5-7-21(8-6-19)32-16-25(28)26-15-18-4-13-23-24(14-18)34-17-33-23/h4-14H,3,15-17H2,1-2H3,(H,26,28). The van der Waals surface area contributed by atoms with Gasteiger partial charge in [-0.1, -0.05) is 6.07 Å². The molecule has 1 N–H and O–H groups in total. The van der Waals surface area contributed by atoms with Crippen LogP contribution in [0.3, 0.4) is 0 Å². The van der Waals surface area contributed by atoms with Crippen molar-refractivity contribution < 1.29 is 32.2 Å². The SMILES string of the molecule is CCOc1ccc(S(=O)(=O)N(C)c2ccc(OCC(=O)NCc3ccc4c(c3)OCO4)cc2)cc1. The summed E-state index contributed by atoms with van der Waals surface area (Å²) in [5.41, 5.74) is 1.34. The van der Waals surface area contributed by atoms with Crippen LogP contribution in [0.15, 0.2) is 71.6 Å². The van der Waals surface area contributed by atoms with Gasteiger partial charge in [0, 0.05) is 13.6 Å². The summed E-state index contributed by atoms with van der Waals surface area (Å²) >= 11 is 0. The Morgan fingerprint density at radius 1 is 0.943 bits per heavy atom. The lowest BCUT2D eigenvalue weighted by Gasteiger charge is -2.20. The molecule has 0 bridgehead atoms. The third-order valence-electron chi connectivity index (χ3n) is 5.29. The van der Waals surface area contributed by atoms with Crippen molar-refractivity contribution >= 4 is 21.6 Å². The smallest absolute Gasteiger partial charge is 0.264 e. The van der Waals surface area contributed by atoms with E-state index in [4.69, 9.17) is 18.9 Å². The van der Waals surface area contributed by atoms with Gasteiger partial charge in [-0.05, 0) is 73.2 Å². The zero-order valence-electron chi connectivity index (χ0n) is 19.4. The summed E-state index contributed by atoms with van der Waals surface area (Å²) in [6.07, 6.45) is 0. The first kappa shape index (κ1) is 24.2. The van der Waals surface area contributed by atoms with Crippen molar-refractivity contribution in [3.8, 4) is 23.0 Å². The number of ether oxygens (including phenoxy) is 4. The van der Waals surface area contributed by atoms with Gasteiger partial charge in [-0.3, -0.25) is 9.10 Å². The molecule has 4 rings (SSSR count). The Hall–Kier alpha value is -3.92. The second-order valence-electron chi connectivity index (χ2n) is 7.62. The minimum absolute atomic E-state index is 0.155. The fraction of sp³-hybridized carbons (Fsp3) is 0.240. The number of anilines is 1. The van der Waals surface area contributed by atoms with E-state index in [1.165, 1.54) is 23.5 Å². The fourth-order valence-corrected chi connectivity index (χ4v) is 4.57. The van der Waals surface area contributed by atoms with Gasteiger partial charge in [0.05, 0.1) is 17.2 Å². The van der Waals surface area contributed by atoms with Crippen LogP contribution in [0, 0.1) is 0 Å². The summed E-state index contributed by atoms with van der Waals surface area (Å²) in [5, 5.41) is 2.78. The molecule has 1 aliphatic heterocycles. The van der Waals surface area contributed by atoms with Gasteiger partial charge in [0.25, 0.3) is 15.9 Å². The lowest BCUT2D eigenvalue weighted by Crippen LogP contribution is -2.28. The summed E-state index contributed by atoms with van der Waals surface area (Å²) < 4.78 is 48.6. The first-order chi connectivity index (χ1) is 16.9. The van der Waals surface area contributed by atoms with Crippen LogP contribution in [-0.4, -0.2) is 41.4 Å². The number of sulfonamides is 1. The Bertz CT molecular complexity index is 1280. The Labute approximate surface area is 204 Å². The molecule has 0 fully saturated rings. The van der Waals surface area contributed by atoms with Crippen LogP contribution < -0.4 is 28.6 Å². The van der Waals surface area contributed by atoms with Gasteiger partial charge in [-0.2, -0.15) is 0 Å². The van der Waals surface area contributed by atoms with E-state index in [2.05, 4.69) is 5.32 Å². The highest BCUT2D eigenvalue weighted by Gasteiger charge is 2.21. The van der Waals surface area contributed by atoms with Gasteiger partial charge in [-0.15, -0.1) is 0 Å². The molecule has 9 nitrogen and oxygen atoms in total. The monoisotopic (exact) mass is 498 g/mol. The first-order valence-corrected chi connectivity index (χ1v) is 12.4. The number of nitrogens with zero attached hydrogens (tertiary/aromatic N) is 1. The molecule has 1 aliphatic rings. The summed E-state index contributed by atoms with van der Waals surface area (Å²) in [4.78, 5) is 12.3. The van der Waals surface area contributed by atoms with Crippen molar-refractivity contribution in [2.45, 2.75) is 18.4 Å². The molecule has 3 aromatic carbocycles. The van der Waals surface area contributed by atoms with Gasteiger partial charge in [0.15, 0.2) is 18.1 Å². The van der Waals surface area contributed by atoms with E-state index in [1.807, 2.05) is 19.1 Å². The molecule has 0 unspecified atom stereocenters. The summed E-state index contributed by atoms with van der Waals surface area (Å²) in [5.74, 6) is 2.10. The quantitative estimate of drug-likeness (QED) is 0.457. The third kappa shape index (κ3) is 5.78. The topological polar surface area (TPSA) is 103 Å². The van der Waals surface area contributed by atoms with Crippen molar-refractivity contribution in [1.82, 2.24) is 5.32 Å². The number of carbonyl (C=O) groups is 1. The van der Waals surface area contributed by atoms with E-state index in [-0.39, 0.29) is 24.2 Å². The molecule has 0 radical (unpaired) electrons. The van der Waals surface area contributed by atoms with Crippen molar-refractivity contribution in [2.24, 2.45) is 0 Å². The van der Waals surface area contributed by atoms with Crippen molar-refractivity contribution in [2.75, 3.05) is 31.4 Å². The Balaban J connectivity index is 1.29. The summed E-state index contributed by atoms with van der Waals surface area (Å²) in [7, 11) is -2.27. The van der Waals surface area contributed by atoms with Crippen LogP contribution in [-0.2, 0) is 21.4 Å². The van der Waals surface area contributed by atoms with Gasteiger partial charge >= 0.3 is 0 Å². The predicted molar refractivity (Wildman–Crippen MR) is 130 cm³/mol. The lowest BCUT2D eigenvalue weighted by molar-refractivity contribution is -0.123. The highest BCUT2D eigenvalue weighted by molar-refractivity contribution is 7.92. The second-order valence-corrected chi connectivity index (χ2v) is 9.59. The average molecular weight is 499 g/mol. The van der Waals surface area contributed by atoms with Crippen LogP contribution in [0.4, 0.5) is 5.69 Å². The molecule has 0 saturated carbocycles. The maximum atomic E-state index is 12.9. The molecule has 35 heavy (non-hydrogen) atoms. The number of benzene rings is 3. The maximum absolute atomic E-state index is 12.9. The van der Waals surface area contributed by atoms with Crippen LogP contribution in [0.25, 0.3) is 0 Å². The Kier molecular flexibility index (Phi) is 7.31. The molecule has 0 atom stereocenters. The molecule has 1 heterocycles. The van der Waals surface area contributed by atoms with Gasteiger partial charge in [0.2, 0.25) is 6.79 Å². The molecule has 3 aromatic rings. The minimum Gasteiger partial charge on any atom is -0.494 e. The maximum Gasteiger partial charge on any atom is 0.264 e. The molecule has 0 saturated heterocycles. The molecule has 184 valence electrons. The number of amides is 1. The van der Waals surface area contributed by atoms with Crippen LogP contribution in [0.2, 0.25) is 0 Å². The van der Waals surface area contributed by atoms with E-state index < -0.39 is 10.0 Å². The Morgan fingerprint density at radius 2 is 1.60 bits per heavy atom. The molecular formula is C25H26N2O7S. The van der Waals surface area contributed by atoms with Gasteiger partial charge < -0.3 is 24.3 Å². The molecule has 0 aliphatic carbocycles. The molecule has 0 aromatic heterocycles. The van der Waals surface area contributed by atoms with Crippen molar-refractivity contribution in [3.05, 3.63) is 72.3 Å². The highest BCUT2D eigenvalue weighted by Crippen LogP contribution is 2.32. The lowest BCUT2D eigenvalue weighted by atomic mass is 10.2. The predicted octanol–water partition coefficient (Wildman–Crippen LogP) is 3.33. The van der Waals surface area contributed by atoms with E-state index in [9.17, 15) is 13.2 Å². The van der Waals surface area contributed by atoms with Crippen LogP contribution in [0.1, 0.15) is 12.5 Å². The largest absolute Gasteiger partial charge is 0.494 e. The Morgan fingerprint density at radius 3 is 2.31 bits per heavy atom. The summed E-state index contributed by atoms with van der Waals surface area (Å²) in [6.45, 7) is 2.71. The normalized spacial score (nSPS) is 12.2. The number of hydrogen-bond donors (Lipinski definition) is 1. The number of carbonyl (C=O) groups excluding carboxylic acids is 1. The number of hydrogen-bond acceptors (Lipinski definition) is 7. The summed E-state index contributed by atoms with van der Waals surface area (Å²) in [6, 6.07) is 18.2. The van der Waals surface area contributed by atoms with E-state index >= 15 is 0 Å². The minimum atomic E-state index is -3.74. The van der Waals surface area contributed by atoms with Crippen molar-refractivity contribution in [1.29, 1.82) is 0 Å². The zero-order valence-corrected chi connectivity index (χ0v) is 20.2. The highest BCUT2D eigenvalue weighted by atomic mass is 32.2. The molecule has 1 amide bonds. The van der Waals surface area contributed by atoms with E-state index in [0.717, 1.165) is 5.56 Å². The average Bonchev–Trinajstić information content (AvgIpc) is 3.34. The molecular weight excluding hydrogens is 472 g/mol. The number of nitrogens with one attached hydrogen (secondary N) is 1. The number of fused-ring (bicyclic) bond motifs is 1. The number of rotatable bonds is 10. The van der Waals surface area contributed by atoms with Crippen LogP contribution >= 0.6 is 0 Å². The van der Waals surface area contributed by atoms with Gasteiger partial charge in [0.1, 0.15) is 11.5 Å². The second kappa shape index (κ2) is 10.6. The van der Waals surface area contributed by atoms with Gasteiger partial charge in [-0.25, -0.2) is 8.42 Å².